The number of aromatic nitrogens is 1. The Labute approximate surface area is 132 Å². The topological polar surface area (TPSA) is 131 Å². The minimum atomic E-state index is -3.87. The van der Waals surface area contributed by atoms with Crippen molar-refractivity contribution in [2.24, 2.45) is 0 Å². The summed E-state index contributed by atoms with van der Waals surface area (Å²) in [7, 11) is -3.87. The number of β-lactam (4-membered cyclic amide) rings is 1. The fraction of sp³-hybridized carbons (Fsp3) is 0.357. The molecule has 3 rings (SSSR count). The van der Waals surface area contributed by atoms with Gasteiger partial charge < -0.3 is 15.7 Å². The summed E-state index contributed by atoms with van der Waals surface area (Å²) in [6.45, 7) is 2.65. The average Bonchev–Trinajstić information content (AvgIpc) is 2.60. The smallest absolute Gasteiger partial charge is 0.328 e. The molecule has 2 aliphatic rings. The van der Waals surface area contributed by atoms with Gasteiger partial charge in [-0.25, -0.2) is 13.2 Å². The standard InChI is InChI=1S/C14H15N3O5S/c1-14(2)10(13(19)20)17-11(18)9(12(17)23(14,21)22)5-8-4-3-7(15)6-16-8/h3-6,10,12H,15H2,1-2H3,(H,19,20)/t10-,12+/m0/s1. The first kappa shape index (κ1) is 15.5. The lowest BCUT2D eigenvalue weighted by Gasteiger charge is -2.37. The molecular weight excluding hydrogens is 322 g/mol. The van der Waals surface area contributed by atoms with E-state index in [1.54, 1.807) is 12.1 Å². The lowest BCUT2D eigenvalue weighted by atomic mass is 9.95. The van der Waals surface area contributed by atoms with Crippen molar-refractivity contribution in [3.8, 4) is 0 Å². The van der Waals surface area contributed by atoms with Gasteiger partial charge in [0.05, 0.1) is 23.2 Å². The molecule has 8 nitrogen and oxygen atoms in total. The van der Waals surface area contributed by atoms with Gasteiger partial charge in [0, 0.05) is 0 Å². The van der Waals surface area contributed by atoms with Crippen LogP contribution >= 0.6 is 0 Å². The lowest BCUT2D eigenvalue weighted by molar-refractivity contribution is -0.152. The van der Waals surface area contributed by atoms with Crippen LogP contribution in [0.2, 0.25) is 0 Å². The summed E-state index contributed by atoms with van der Waals surface area (Å²) in [6, 6.07) is 1.73. The predicted octanol–water partition coefficient (Wildman–Crippen LogP) is -0.124. The van der Waals surface area contributed by atoms with Crippen LogP contribution in [0.3, 0.4) is 0 Å². The van der Waals surface area contributed by atoms with Gasteiger partial charge in [-0.15, -0.1) is 0 Å². The third-order valence-corrected chi connectivity index (χ3v) is 7.07. The Hall–Kier alpha value is -2.42. The second kappa shape index (κ2) is 4.54. The molecule has 9 heteroatoms. The van der Waals surface area contributed by atoms with Crippen molar-refractivity contribution in [2.45, 2.75) is 30.0 Å². The number of carboxylic acid groups (broad SMARTS) is 1. The van der Waals surface area contributed by atoms with Crippen LogP contribution in [0.1, 0.15) is 19.5 Å². The van der Waals surface area contributed by atoms with E-state index in [2.05, 4.69) is 4.98 Å². The zero-order valence-electron chi connectivity index (χ0n) is 12.4. The summed E-state index contributed by atoms with van der Waals surface area (Å²) < 4.78 is 23.7. The van der Waals surface area contributed by atoms with Crippen LogP contribution in [0.15, 0.2) is 23.9 Å². The number of hydrogen-bond donors (Lipinski definition) is 2. The number of nitrogens with two attached hydrogens (primary N) is 1. The normalized spacial score (nSPS) is 29.2. The first-order valence-electron chi connectivity index (χ1n) is 6.81. The molecule has 2 fully saturated rings. The number of sulfone groups is 1. The minimum Gasteiger partial charge on any atom is -0.480 e. The number of hydrogen-bond acceptors (Lipinski definition) is 6. The van der Waals surface area contributed by atoms with Gasteiger partial charge in [-0.2, -0.15) is 0 Å². The molecule has 1 aromatic rings. The van der Waals surface area contributed by atoms with Crippen molar-refractivity contribution >= 4 is 33.5 Å². The first-order chi connectivity index (χ1) is 10.6. The minimum absolute atomic E-state index is 0.0269. The van der Waals surface area contributed by atoms with Crippen LogP contribution in [-0.2, 0) is 19.4 Å². The number of carbonyl (C=O) groups excluding carboxylic acids is 1. The second-order valence-electron chi connectivity index (χ2n) is 6.07. The molecule has 122 valence electrons. The quantitative estimate of drug-likeness (QED) is 0.568. The van der Waals surface area contributed by atoms with Gasteiger partial charge in [-0.3, -0.25) is 9.78 Å². The molecule has 3 N–H and O–H groups in total. The van der Waals surface area contributed by atoms with Gasteiger partial charge in [0.15, 0.2) is 21.3 Å². The molecule has 23 heavy (non-hydrogen) atoms. The molecule has 0 unspecified atom stereocenters. The van der Waals surface area contributed by atoms with Crippen LogP contribution in [0.4, 0.5) is 5.69 Å². The van der Waals surface area contributed by atoms with E-state index in [1.807, 2.05) is 0 Å². The number of amides is 1. The molecule has 0 saturated carbocycles. The van der Waals surface area contributed by atoms with E-state index in [1.165, 1.54) is 26.1 Å². The fourth-order valence-corrected chi connectivity index (χ4v) is 5.12. The largest absolute Gasteiger partial charge is 0.480 e. The molecular formula is C14H15N3O5S. The summed E-state index contributed by atoms with van der Waals surface area (Å²) in [5.74, 6) is -1.94. The van der Waals surface area contributed by atoms with Gasteiger partial charge in [-0.05, 0) is 32.1 Å². The molecule has 0 aromatic carbocycles. The van der Waals surface area contributed by atoms with Gasteiger partial charge >= 0.3 is 5.97 Å². The number of carbonyl (C=O) groups is 2. The molecule has 0 bridgehead atoms. The van der Waals surface area contributed by atoms with Crippen LogP contribution < -0.4 is 5.73 Å². The Bertz CT molecular complexity index is 842. The van der Waals surface area contributed by atoms with Crippen LogP contribution in [0.5, 0.6) is 0 Å². The number of aliphatic carboxylic acids is 1. The van der Waals surface area contributed by atoms with E-state index in [-0.39, 0.29) is 5.57 Å². The summed E-state index contributed by atoms with van der Waals surface area (Å²) >= 11 is 0. The second-order valence-corrected chi connectivity index (χ2v) is 8.66. The van der Waals surface area contributed by atoms with Crippen molar-refractivity contribution in [3.63, 3.8) is 0 Å². The third kappa shape index (κ3) is 1.89. The zero-order valence-corrected chi connectivity index (χ0v) is 13.2. The number of rotatable bonds is 2. The van der Waals surface area contributed by atoms with E-state index in [4.69, 9.17) is 5.73 Å². The fourth-order valence-electron chi connectivity index (χ4n) is 3.00. The van der Waals surface area contributed by atoms with Gasteiger partial charge in [0.2, 0.25) is 0 Å². The molecule has 0 radical (unpaired) electrons. The third-order valence-electron chi connectivity index (χ3n) is 4.31. The van der Waals surface area contributed by atoms with E-state index >= 15 is 0 Å². The first-order valence-corrected chi connectivity index (χ1v) is 8.35. The van der Waals surface area contributed by atoms with Crippen LogP contribution in [0.25, 0.3) is 6.08 Å². The molecule has 2 atom stereocenters. The Morgan fingerprint density at radius 3 is 2.61 bits per heavy atom. The Morgan fingerprint density at radius 2 is 2.09 bits per heavy atom. The molecule has 0 aliphatic carbocycles. The summed E-state index contributed by atoms with van der Waals surface area (Å²) in [5, 5.41) is 8.08. The van der Waals surface area contributed by atoms with Gasteiger partial charge in [0.25, 0.3) is 5.91 Å². The van der Waals surface area contributed by atoms with Crippen molar-refractivity contribution in [1.29, 1.82) is 0 Å². The zero-order chi connectivity index (χ0) is 17.2. The monoisotopic (exact) mass is 337 g/mol. The number of pyridine rings is 1. The molecule has 2 aliphatic heterocycles. The van der Waals surface area contributed by atoms with E-state index in [0.717, 1.165) is 4.90 Å². The lowest BCUT2D eigenvalue weighted by Crippen LogP contribution is -2.58. The SMILES string of the molecule is CC1(C)[C@H](C(=O)O)N2C(=O)C(=Cc3ccc(N)cn3)[C@H]2S1(=O)=O. The van der Waals surface area contributed by atoms with Crippen LogP contribution in [-0.4, -0.2) is 51.4 Å². The molecule has 3 heterocycles. The summed E-state index contributed by atoms with van der Waals surface area (Å²) in [6.07, 6.45) is 2.75. The van der Waals surface area contributed by atoms with Gasteiger partial charge in [-0.1, -0.05) is 0 Å². The Kier molecular flexibility index (Phi) is 3.06. The molecule has 1 aromatic heterocycles. The average molecular weight is 337 g/mol. The van der Waals surface area contributed by atoms with Crippen molar-refractivity contribution < 1.29 is 23.1 Å². The maximum Gasteiger partial charge on any atom is 0.328 e. The highest BCUT2D eigenvalue weighted by atomic mass is 32.2. The number of fused-ring (bicyclic) bond motifs is 1. The summed E-state index contributed by atoms with van der Waals surface area (Å²) in [4.78, 5) is 28.6. The number of nitrogens with zero attached hydrogens (tertiary/aromatic N) is 2. The summed E-state index contributed by atoms with van der Waals surface area (Å²) in [5.41, 5.74) is 6.38. The van der Waals surface area contributed by atoms with Crippen LogP contribution in [0, 0.1) is 0 Å². The van der Waals surface area contributed by atoms with E-state index < -0.39 is 37.9 Å². The highest BCUT2D eigenvalue weighted by Gasteiger charge is 2.70. The van der Waals surface area contributed by atoms with Crippen molar-refractivity contribution in [1.82, 2.24) is 9.88 Å². The maximum atomic E-state index is 12.7. The van der Waals surface area contributed by atoms with Crippen molar-refractivity contribution in [3.05, 3.63) is 29.6 Å². The number of nitrogen functional groups attached to an aromatic ring is 1. The Balaban J connectivity index is 2.08. The number of anilines is 1. The highest BCUT2D eigenvalue weighted by molar-refractivity contribution is 7.94. The Morgan fingerprint density at radius 1 is 1.43 bits per heavy atom. The van der Waals surface area contributed by atoms with E-state index in [9.17, 15) is 23.1 Å². The molecule has 0 spiro atoms. The van der Waals surface area contributed by atoms with E-state index in [0.29, 0.717) is 11.4 Å². The predicted molar refractivity (Wildman–Crippen MR) is 81.7 cm³/mol. The maximum absolute atomic E-state index is 12.7. The molecule has 2 saturated heterocycles. The highest BCUT2D eigenvalue weighted by Crippen LogP contribution is 2.48. The van der Waals surface area contributed by atoms with Crippen molar-refractivity contribution in [2.75, 3.05) is 5.73 Å². The van der Waals surface area contributed by atoms with Gasteiger partial charge in [0.1, 0.15) is 4.75 Å². The molecule has 1 amide bonds. The number of carboxylic acids is 1.